The van der Waals surface area contributed by atoms with Crippen molar-refractivity contribution in [1.29, 1.82) is 0 Å². The summed E-state index contributed by atoms with van der Waals surface area (Å²) in [5.74, 6) is 2.31. The first kappa shape index (κ1) is 15.8. The molecule has 3 aromatic rings. The molecule has 3 rings (SSSR count). The van der Waals surface area contributed by atoms with Crippen molar-refractivity contribution in [2.24, 2.45) is 0 Å². The summed E-state index contributed by atoms with van der Waals surface area (Å²) in [5.41, 5.74) is -0.135. The van der Waals surface area contributed by atoms with Gasteiger partial charge in [0.15, 0.2) is 5.82 Å². The predicted molar refractivity (Wildman–Crippen MR) is 85.9 cm³/mol. The molecule has 0 saturated carbocycles. The maximum absolute atomic E-state index is 5.63. The van der Waals surface area contributed by atoms with E-state index in [4.69, 9.17) is 8.94 Å². The topological polar surface area (TPSA) is 89.9 Å². The van der Waals surface area contributed by atoms with Crippen LogP contribution in [0.4, 0.5) is 0 Å². The van der Waals surface area contributed by atoms with Gasteiger partial charge in [-0.15, -0.1) is 21.5 Å². The van der Waals surface area contributed by atoms with Crippen LogP contribution in [0.1, 0.15) is 51.3 Å². The molecule has 0 aliphatic carbocycles. The van der Waals surface area contributed by atoms with Gasteiger partial charge in [-0.05, 0) is 18.4 Å². The molecule has 23 heavy (non-hydrogen) atoms. The summed E-state index contributed by atoms with van der Waals surface area (Å²) < 4.78 is 10.9. The second kappa shape index (κ2) is 6.21. The SMILES string of the molecule is C[C@@H](NCc1nnc(-c2cccs2)o1)c1nc(C(C)(C)C)no1. The Balaban J connectivity index is 1.61. The Hall–Kier alpha value is -2.06. The van der Waals surface area contributed by atoms with Gasteiger partial charge in [-0.1, -0.05) is 32.0 Å². The maximum atomic E-state index is 5.63. The second-order valence-electron chi connectivity index (χ2n) is 6.29. The summed E-state index contributed by atoms with van der Waals surface area (Å²) in [7, 11) is 0. The van der Waals surface area contributed by atoms with Crippen molar-refractivity contribution in [2.75, 3.05) is 0 Å². The van der Waals surface area contributed by atoms with Crippen molar-refractivity contribution in [1.82, 2.24) is 25.7 Å². The van der Waals surface area contributed by atoms with E-state index in [1.807, 2.05) is 45.2 Å². The zero-order valence-corrected chi connectivity index (χ0v) is 14.3. The van der Waals surface area contributed by atoms with Crippen molar-refractivity contribution in [3.63, 3.8) is 0 Å². The highest BCUT2D eigenvalue weighted by Gasteiger charge is 2.23. The highest BCUT2D eigenvalue weighted by Crippen LogP contribution is 2.23. The Morgan fingerprint density at radius 2 is 2.13 bits per heavy atom. The van der Waals surface area contributed by atoms with Crippen LogP contribution in [0.5, 0.6) is 0 Å². The highest BCUT2D eigenvalue weighted by atomic mass is 32.1. The molecule has 3 heterocycles. The zero-order chi connectivity index (χ0) is 16.4. The standard InChI is InChI=1S/C15H19N5O2S/c1-9(12-17-14(20-22-12)15(2,3)4)16-8-11-18-19-13(21-11)10-6-5-7-23-10/h5-7,9,16H,8H2,1-4H3/t9-/m1/s1. The number of aromatic nitrogens is 4. The summed E-state index contributed by atoms with van der Waals surface area (Å²) in [6, 6.07) is 3.80. The molecule has 0 spiro atoms. The van der Waals surface area contributed by atoms with Crippen LogP contribution in [0, 0.1) is 0 Å². The lowest BCUT2D eigenvalue weighted by Gasteiger charge is -2.11. The van der Waals surface area contributed by atoms with Gasteiger partial charge in [0, 0.05) is 5.41 Å². The van der Waals surface area contributed by atoms with E-state index in [0.717, 1.165) is 4.88 Å². The third-order valence-corrected chi connectivity index (χ3v) is 4.10. The van der Waals surface area contributed by atoms with E-state index in [1.54, 1.807) is 11.3 Å². The van der Waals surface area contributed by atoms with E-state index < -0.39 is 0 Å². The summed E-state index contributed by atoms with van der Waals surface area (Å²) in [6.07, 6.45) is 0. The van der Waals surface area contributed by atoms with E-state index in [2.05, 4.69) is 25.7 Å². The Labute approximate surface area is 138 Å². The van der Waals surface area contributed by atoms with E-state index in [1.165, 1.54) is 0 Å². The van der Waals surface area contributed by atoms with Crippen molar-refractivity contribution in [3.8, 4) is 10.8 Å². The Kier molecular flexibility index (Phi) is 4.27. The third-order valence-electron chi connectivity index (χ3n) is 3.24. The first-order chi connectivity index (χ1) is 10.9. The summed E-state index contributed by atoms with van der Waals surface area (Å²) >= 11 is 1.57. The molecule has 1 atom stereocenters. The van der Waals surface area contributed by atoms with Crippen LogP contribution in [0.25, 0.3) is 10.8 Å². The third kappa shape index (κ3) is 3.65. The van der Waals surface area contributed by atoms with E-state index in [9.17, 15) is 0 Å². The molecule has 0 unspecified atom stereocenters. The van der Waals surface area contributed by atoms with Crippen LogP contribution in [0.3, 0.4) is 0 Å². The van der Waals surface area contributed by atoms with Crippen molar-refractivity contribution < 1.29 is 8.94 Å². The fourth-order valence-electron chi connectivity index (χ4n) is 1.87. The lowest BCUT2D eigenvalue weighted by molar-refractivity contribution is 0.325. The average molecular weight is 333 g/mol. The first-order valence-corrected chi connectivity index (χ1v) is 8.25. The van der Waals surface area contributed by atoms with Gasteiger partial charge in [0.1, 0.15) is 0 Å². The van der Waals surface area contributed by atoms with Gasteiger partial charge in [-0.3, -0.25) is 5.32 Å². The van der Waals surface area contributed by atoms with Crippen LogP contribution in [0.15, 0.2) is 26.5 Å². The molecule has 3 aromatic heterocycles. The minimum Gasteiger partial charge on any atom is -0.419 e. The maximum Gasteiger partial charge on any atom is 0.257 e. The van der Waals surface area contributed by atoms with Crippen molar-refractivity contribution >= 4 is 11.3 Å². The van der Waals surface area contributed by atoms with Crippen LogP contribution in [-0.2, 0) is 12.0 Å². The lowest BCUT2D eigenvalue weighted by atomic mass is 9.96. The lowest BCUT2D eigenvalue weighted by Crippen LogP contribution is -2.19. The molecular formula is C15H19N5O2S. The smallest absolute Gasteiger partial charge is 0.257 e. The monoisotopic (exact) mass is 333 g/mol. The van der Waals surface area contributed by atoms with Gasteiger partial charge in [-0.25, -0.2) is 0 Å². The van der Waals surface area contributed by atoms with Gasteiger partial charge in [-0.2, -0.15) is 4.98 Å². The number of nitrogens with one attached hydrogen (secondary N) is 1. The molecule has 8 heteroatoms. The molecule has 0 amide bonds. The summed E-state index contributed by atoms with van der Waals surface area (Å²) in [6.45, 7) is 8.53. The van der Waals surface area contributed by atoms with Crippen molar-refractivity contribution in [3.05, 3.63) is 35.1 Å². The van der Waals surface area contributed by atoms with Crippen LogP contribution in [-0.4, -0.2) is 20.3 Å². The van der Waals surface area contributed by atoms with Gasteiger partial charge in [0.2, 0.25) is 11.8 Å². The zero-order valence-electron chi connectivity index (χ0n) is 13.5. The summed E-state index contributed by atoms with van der Waals surface area (Å²) in [5, 5.41) is 17.3. The van der Waals surface area contributed by atoms with Crippen LogP contribution < -0.4 is 5.32 Å². The van der Waals surface area contributed by atoms with E-state index in [-0.39, 0.29) is 11.5 Å². The van der Waals surface area contributed by atoms with E-state index in [0.29, 0.717) is 30.0 Å². The minimum absolute atomic E-state index is 0.101. The first-order valence-electron chi connectivity index (χ1n) is 7.37. The quantitative estimate of drug-likeness (QED) is 0.766. The van der Waals surface area contributed by atoms with Gasteiger partial charge in [0.05, 0.1) is 17.5 Å². The fourth-order valence-corrected chi connectivity index (χ4v) is 2.51. The number of hydrogen-bond donors (Lipinski definition) is 1. The molecule has 0 saturated heterocycles. The number of hydrogen-bond acceptors (Lipinski definition) is 8. The number of rotatable bonds is 5. The Bertz CT molecular complexity index is 757. The molecule has 7 nitrogen and oxygen atoms in total. The van der Waals surface area contributed by atoms with Crippen molar-refractivity contribution in [2.45, 2.75) is 45.7 Å². The number of nitrogens with zero attached hydrogens (tertiary/aromatic N) is 4. The highest BCUT2D eigenvalue weighted by molar-refractivity contribution is 7.13. The van der Waals surface area contributed by atoms with Gasteiger partial charge in [0.25, 0.3) is 5.89 Å². The normalized spacial score (nSPS) is 13.4. The largest absolute Gasteiger partial charge is 0.419 e. The second-order valence-corrected chi connectivity index (χ2v) is 7.23. The molecule has 0 radical (unpaired) electrons. The minimum atomic E-state index is -0.135. The fraction of sp³-hybridized carbons (Fsp3) is 0.467. The Morgan fingerprint density at radius 3 is 2.78 bits per heavy atom. The average Bonchev–Trinajstić information content (AvgIpc) is 3.22. The van der Waals surface area contributed by atoms with Gasteiger partial charge < -0.3 is 8.94 Å². The summed E-state index contributed by atoms with van der Waals surface area (Å²) in [4.78, 5) is 5.40. The van der Waals surface area contributed by atoms with E-state index >= 15 is 0 Å². The molecule has 0 fully saturated rings. The van der Waals surface area contributed by atoms with Gasteiger partial charge >= 0.3 is 0 Å². The molecule has 0 aromatic carbocycles. The van der Waals surface area contributed by atoms with Crippen LogP contribution >= 0.6 is 11.3 Å². The molecule has 0 aliphatic heterocycles. The molecule has 122 valence electrons. The number of thiophene rings is 1. The molecule has 1 N–H and O–H groups in total. The molecule has 0 aliphatic rings. The molecular weight excluding hydrogens is 314 g/mol. The Morgan fingerprint density at radius 1 is 1.30 bits per heavy atom. The molecule has 0 bridgehead atoms. The predicted octanol–water partition coefficient (Wildman–Crippen LogP) is 3.33. The van der Waals surface area contributed by atoms with Crippen LogP contribution in [0.2, 0.25) is 0 Å².